The average molecular weight is 346 g/mol. The van der Waals surface area contributed by atoms with E-state index < -0.39 is 11.6 Å². The van der Waals surface area contributed by atoms with Gasteiger partial charge in [-0.2, -0.15) is 0 Å². The van der Waals surface area contributed by atoms with Crippen molar-refractivity contribution < 1.29 is 24.9 Å². The Morgan fingerprint density at radius 3 is 2.76 bits per heavy atom. The fraction of sp³-hybridized carbons (Fsp3) is 0.550. The van der Waals surface area contributed by atoms with Crippen molar-refractivity contribution >= 4 is 5.78 Å². The molecule has 136 valence electrons. The van der Waals surface area contributed by atoms with Crippen molar-refractivity contribution in [2.45, 2.75) is 58.3 Å². The van der Waals surface area contributed by atoms with Crippen molar-refractivity contribution in [1.29, 1.82) is 0 Å². The summed E-state index contributed by atoms with van der Waals surface area (Å²) in [6.45, 7) is 6.19. The third-order valence-corrected chi connectivity index (χ3v) is 5.82. The van der Waals surface area contributed by atoms with Gasteiger partial charge >= 0.3 is 0 Å². The number of hydrogen-bond acceptors (Lipinski definition) is 5. The molecule has 5 heteroatoms. The van der Waals surface area contributed by atoms with Crippen LogP contribution >= 0.6 is 0 Å². The number of Topliss-reactive ketones (excluding diaryl/α,β-unsaturated/α-hetero) is 1. The Hall–Kier alpha value is -1.85. The number of phenolic OH excluding ortho intramolecular Hbond substituents is 1. The van der Waals surface area contributed by atoms with Crippen LogP contribution in [0.5, 0.6) is 11.5 Å². The molecule has 0 aromatic heterocycles. The van der Waals surface area contributed by atoms with Gasteiger partial charge in [0.2, 0.25) is 5.78 Å². The fourth-order valence-electron chi connectivity index (χ4n) is 4.10. The molecule has 1 aliphatic heterocycles. The third kappa shape index (κ3) is 3.07. The Morgan fingerprint density at radius 2 is 2.04 bits per heavy atom. The molecule has 0 saturated carbocycles. The van der Waals surface area contributed by atoms with Crippen LogP contribution in [0, 0.1) is 11.3 Å². The van der Waals surface area contributed by atoms with Gasteiger partial charge in [0.15, 0.2) is 0 Å². The van der Waals surface area contributed by atoms with Crippen LogP contribution in [0.2, 0.25) is 0 Å². The molecular formula is C20H26O5. The van der Waals surface area contributed by atoms with E-state index in [1.54, 1.807) is 0 Å². The van der Waals surface area contributed by atoms with Gasteiger partial charge in [-0.05, 0) is 55.7 Å². The van der Waals surface area contributed by atoms with Crippen molar-refractivity contribution in [1.82, 2.24) is 0 Å². The Morgan fingerprint density at radius 1 is 1.32 bits per heavy atom. The molecule has 0 amide bonds. The monoisotopic (exact) mass is 346 g/mol. The summed E-state index contributed by atoms with van der Waals surface area (Å²) in [5.74, 6) is -1.91. The van der Waals surface area contributed by atoms with Gasteiger partial charge in [0.1, 0.15) is 11.5 Å². The highest BCUT2D eigenvalue weighted by atomic mass is 16.6. The SMILES string of the molecule is CC1=CCC(O)C(C)(C)C1CCCC1(O)Oc2ccc(O)cc2C1=O. The van der Waals surface area contributed by atoms with Gasteiger partial charge < -0.3 is 20.1 Å². The Bertz CT molecular complexity index is 721. The van der Waals surface area contributed by atoms with Gasteiger partial charge in [0.25, 0.3) is 5.79 Å². The van der Waals surface area contributed by atoms with E-state index in [0.29, 0.717) is 18.6 Å². The molecular weight excluding hydrogens is 320 g/mol. The summed E-state index contributed by atoms with van der Waals surface area (Å²) in [6.07, 6.45) is 3.88. The first-order valence-corrected chi connectivity index (χ1v) is 8.79. The molecule has 1 aromatic rings. The van der Waals surface area contributed by atoms with Gasteiger partial charge in [0.05, 0.1) is 11.7 Å². The molecule has 1 heterocycles. The maximum Gasteiger partial charge on any atom is 0.272 e. The van der Waals surface area contributed by atoms with Crippen LogP contribution in [0.25, 0.3) is 0 Å². The second-order valence-corrected chi connectivity index (χ2v) is 7.86. The molecule has 5 nitrogen and oxygen atoms in total. The fourth-order valence-corrected chi connectivity index (χ4v) is 4.10. The van der Waals surface area contributed by atoms with Crippen molar-refractivity contribution in [3.8, 4) is 11.5 Å². The van der Waals surface area contributed by atoms with Crippen LogP contribution in [-0.2, 0) is 0 Å². The lowest BCUT2D eigenvalue weighted by Gasteiger charge is -2.42. The van der Waals surface area contributed by atoms with Crippen molar-refractivity contribution in [2.75, 3.05) is 0 Å². The second-order valence-electron chi connectivity index (χ2n) is 7.86. The number of aromatic hydroxyl groups is 1. The molecule has 0 spiro atoms. The zero-order chi connectivity index (χ0) is 18.4. The van der Waals surface area contributed by atoms with Crippen LogP contribution in [0.15, 0.2) is 29.8 Å². The summed E-state index contributed by atoms with van der Waals surface area (Å²) in [5, 5.41) is 30.4. The average Bonchev–Trinajstić information content (AvgIpc) is 2.79. The molecule has 0 saturated heterocycles. The van der Waals surface area contributed by atoms with Gasteiger partial charge in [-0.25, -0.2) is 0 Å². The molecule has 2 aliphatic rings. The Kier molecular flexibility index (Phi) is 4.41. The summed E-state index contributed by atoms with van der Waals surface area (Å²) in [6, 6.07) is 4.25. The number of hydrogen-bond donors (Lipinski definition) is 3. The first-order chi connectivity index (χ1) is 11.6. The van der Waals surface area contributed by atoms with Gasteiger partial charge in [-0.3, -0.25) is 4.79 Å². The van der Waals surface area contributed by atoms with E-state index in [9.17, 15) is 20.1 Å². The zero-order valence-electron chi connectivity index (χ0n) is 15.0. The zero-order valence-corrected chi connectivity index (χ0v) is 15.0. The van der Waals surface area contributed by atoms with Crippen molar-refractivity contribution in [2.24, 2.45) is 11.3 Å². The van der Waals surface area contributed by atoms with E-state index in [0.717, 1.165) is 6.42 Å². The number of carbonyl (C=O) groups excluding carboxylic acids is 1. The van der Waals surface area contributed by atoms with Gasteiger partial charge in [-0.1, -0.05) is 25.5 Å². The number of fused-ring (bicyclic) bond motifs is 1. The molecule has 0 bridgehead atoms. The Balaban J connectivity index is 1.67. The number of rotatable bonds is 4. The number of ketones is 1. The number of aliphatic hydroxyl groups excluding tert-OH is 1. The van der Waals surface area contributed by atoms with E-state index in [1.165, 1.54) is 23.8 Å². The minimum atomic E-state index is -1.87. The lowest BCUT2D eigenvalue weighted by Crippen LogP contribution is -2.41. The van der Waals surface area contributed by atoms with Crippen LogP contribution in [0.1, 0.15) is 56.8 Å². The number of aliphatic hydroxyl groups is 2. The van der Waals surface area contributed by atoms with E-state index in [4.69, 9.17) is 4.74 Å². The highest BCUT2D eigenvalue weighted by Crippen LogP contribution is 2.45. The smallest absolute Gasteiger partial charge is 0.272 e. The summed E-state index contributed by atoms with van der Waals surface area (Å²) in [7, 11) is 0. The molecule has 1 aliphatic carbocycles. The minimum absolute atomic E-state index is 0.0290. The molecule has 3 rings (SSSR count). The third-order valence-electron chi connectivity index (χ3n) is 5.82. The lowest BCUT2D eigenvalue weighted by atomic mass is 9.65. The van der Waals surface area contributed by atoms with Gasteiger partial charge in [0, 0.05) is 6.42 Å². The number of allylic oxidation sites excluding steroid dienone is 1. The molecule has 3 atom stereocenters. The van der Waals surface area contributed by atoms with E-state index >= 15 is 0 Å². The van der Waals surface area contributed by atoms with Gasteiger partial charge in [-0.15, -0.1) is 0 Å². The quantitative estimate of drug-likeness (QED) is 0.729. The maximum atomic E-state index is 12.5. The minimum Gasteiger partial charge on any atom is -0.508 e. The van der Waals surface area contributed by atoms with E-state index in [2.05, 4.69) is 26.8 Å². The Labute approximate surface area is 147 Å². The molecule has 0 radical (unpaired) electrons. The number of ether oxygens (including phenoxy) is 1. The summed E-state index contributed by atoms with van der Waals surface area (Å²) < 4.78 is 5.48. The molecule has 3 unspecified atom stereocenters. The largest absolute Gasteiger partial charge is 0.508 e. The molecule has 3 N–H and O–H groups in total. The predicted octanol–water partition coefficient (Wildman–Crippen LogP) is 3.18. The normalized spacial score (nSPS) is 30.6. The summed E-state index contributed by atoms with van der Waals surface area (Å²) in [5.41, 5.74) is 1.22. The van der Waals surface area contributed by atoms with Crippen molar-refractivity contribution in [3.63, 3.8) is 0 Å². The first-order valence-electron chi connectivity index (χ1n) is 8.79. The van der Waals surface area contributed by atoms with Crippen LogP contribution in [-0.4, -0.2) is 33.0 Å². The van der Waals surface area contributed by atoms with Crippen LogP contribution < -0.4 is 4.74 Å². The highest BCUT2D eigenvalue weighted by molar-refractivity contribution is 6.06. The standard InChI is InChI=1S/C20H26O5/c1-12-6-9-17(22)19(2,3)15(12)5-4-10-20(24)18(23)14-11-13(21)7-8-16(14)25-20/h6-8,11,15,17,21-22,24H,4-5,9-10H2,1-3H3. The van der Waals surface area contributed by atoms with E-state index in [1.807, 2.05) is 0 Å². The predicted molar refractivity (Wildman–Crippen MR) is 93.5 cm³/mol. The summed E-state index contributed by atoms with van der Waals surface area (Å²) in [4.78, 5) is 12.5. The molecule has 25 heavy (non-hydrogen) atoms. The number of phenols is 1. The van der Waals surface area contributed by atoms with Crippen LogP contribution in [0.4, 0.5) is 0 Å². The van der Waals surface area contributed by atoms with Crippen molar-refractivity contribution in [3.05, 3.63) is 35.4 Å². The maximum absolute atomic E-state index is 12.5. The second kappa shape index (κ2) is 6.15. The number of carbonyl (C=O) groups is 1. The van der Waals surface area contributed by atoms with Crippen LogP contribution in [0.3, 0.4) is 0 Å². The highest BCUT2D eigenvalue weighted by Gasteiger charge is 2.47. The van der Waals surface area contributed by atoms with E-state index in [-0.39, 0.29) is 35.2 Å². The summed E-state index contributed by atoms with van der Waals surface area (Å²) >= 11 is 0. The molecule has 0 fully saturated rings. The molecule has 1 aromatic carbocycles. The lowest BCUT2D eigenvalue weighted by molar-refractivity contribution is -0.0975. The topological polar surface area (TPSA) is 87.0 Å². The first kappa shape index (κ1) is 18.0. The number of benzene rings is 1.